The van der Waals surface area contributed by atoms with E-state index in [1.807, 2.05) is 24.0 Å². The van der Waals surface area contributed by atoms with Gasteiger partial charge in [0.2, 0.25) is 17.6 Å². The Labute approximate surface area is 210 Å². The van der Waals surface area contributed by atoms with Gasteiger partial charge in [0.25, 0.3) is 5.91 Å². The van der Waals surface area contributed by atoms with Gasteiger partial charge in [0.15, 0.2) is 0 Å². The average Bonchev–Trinajstić information content (AvgIpc) is 2.83. The molecular formula is C26H33FN6O3. The number of ketones is 1. The molecule has 0 bridgehead atoms. The summed E-state index contributed by atoms with van der Waals surface area (Å²) in [5.74, 6) is 0.712. The number of nitrogens with two attached hydrogens (primary N) is 1. The van der Waals surface area contributed by atoms with Crippen LogP contribution in [-0.4, -0.2) is 57.5 Å². The zero-order valence-corrected chi connectivity index (χ0v) is 20.7. The van der Waals surface area contributed by atoms with Gasteiger partial charge in [0.1, 0.15) is 11.9 Å². The van der Waals surface area contributed by atoms with Gasteiger partial charge in [-0.2, -0.15) is 15.0 Å². The molecule has 0 atom stereocenters. The zero-order chi connectivity index (χ0) is 25.2. The number of aryl methyl sites for hydroxylation is 1. The molecule has 3 aliphatic rings. The second-order valence-electron chi connectivity index (χ2n) is 10.4. The highest BCUT2D eigenvalue weighted by Gasteiger charge is 2.31. The second-order valence-corrected chi connectivity index (χ2v) is 10.4. The Hall–Kier alpha value is -3.17. The molecule has 1 amide bonds. The van der Waals surface area contributed by atoms with Gasteiger partial charge in [0.05, 0.1) is 6.61 Å². The van der Waals surface area contributed by atoms with Gasteiger partial charge in [-0.25, -0.2) is 9.37 Å². The van der Waals surface area contributed by atoms with Gasteiger partial charge in [-0.3, -0.25) is 9.59 Å². The second kappa shape index (κ2) is 10.4. The van der Waals surface area contributed by atoms with E-state index in [9.17, 15) is 14.0 Å². The Bertz CT molecular complexity index is 1130. The van der Waals surface area contributed by atoms with Gasteiger partial charge < -0.3 is 15.4 Å². The number of piperidine rings is 1. The summed E-state index contributed by atoms with van der Waals surface area (Å²) < 4.78 is 19.0. The average molecular weight is 497 g/mol. The minimum atomic E-state index is -0.754. The summed E-state index contributed by atoms with van der Waals surface area (Å²) in [5, 5.41) is 0. The van der Waals surface area contributed by atoms with Crippen LogP contribution < -0.4 is 15.4 Å². The lowest BCUT2D eigenvalue weighted by atomic mass is 9.82. The number of primary amides is 1. The van der Waals surface area contributed by atoms with Gasteiger partial charge in [-0.05, 0) is 68.9 Å². The van der Waals surface area contributed by atoms with Gasteiger partial charge >= 0.3 is 6.01 Å². The Morgan fingerprint density at radius 3 is 2.44 bits per heavy atom. The summed E-state index contributed by atoms with van der Waals surface area (Å²) in [4.78, 5) is 44.5. The molecule has 2 aromatic rings. The normalized spacial score (nSPS) is 22.6. The van der Waals surface area contributed by atoms with Gasteiger partial charge in [-0.1, -0.05) is 12.5 Å². The molecule has 36 heavy (non-hydrogen) atoms. The first-order valence-corrected chi connectivity index (χ1v) is 12.9. The topological polar surface area (TPSA) is 124 Å². The molecule has 192 valence electrons. The van der Waals surface area contributed by atoms with Crippen LogP contribution in [0.2, 0.25) is 0 Å². The Kier molecular flexibility index (Phi) is 7.11. The molecule has 5 rings (SSSR count). The fraction of sp³-hybridized carbons (Fsp3) is 0.615. The zero-order valence-electron chi connectivity index (χ0n) is 20.7. The highest BCUT2D eigenvalue weighted by Crippen LogP contribution is 2.33. The van der Waals surface area contributed by atoms with Crippen molar-refractivity contribution in [2.45, 2.75) is 70.4 Å². The number of alkyl halides is 1. The van der Waals surface area contributed by atoms with E-state index in [4.69, 9.17) is 10.5 Å². The number of halogens is 1. The largest absolute Gasteiger partial charge is 0.463 e. The van der Waals surface area contributed by atoms with Crippen molar-refractivity contribution in [1.29, 1.82) is 0 Å². The quantitative estimate of drug-likeness (QED) is 0.523. The van der Waals surface area contributed by atoms with Crippen molar-refractivity contribution in [2.75, 3.05) is 24.6 Å². The molecule has 3 heterocycles. The molecule has 2 N–H and O–H groups in total. The Balaban J connectivity index is 1.29. The molecule has 10 heteroatoms. The van der Waals surface area contributed by atoms with Crippen molar-refractivity contribution >= 4 is 17.6 Å². The minimum absolute atomic E-state index is 0.0848. The predicted octanol–water partition coefficient (Wildman–Crippen LogP) is 3.56. The maximum atomic E-state index is 13.2. The molecular weight excluding hydrogens is 463 g/mol. The summed E-state index contributed by atoms with van der Waals surface area (Å²) in [6.45, 7) is 3.49. The number of nitrogens with zero attached hydrogens (tertiary/aromatic N) is 5. The molecule has 3 fully saturated rings. The van der Waals surface area contributed by atoms with Crippen molar-refractivity contribution in [3.63, 3.8) is 0 Å². The molecule has 1 saturated heterocycles. The van der Waals surface area contributed by atoms with Crippen LogP contribution in [0.25, 0.3) is 0 Å². The number of Topliss-reactive ketones (excluding diaryl/α,β-unsaturated/α-hetero) is 1. The summed E-state index contributed by atoms with van der Waals surface area (Å²) in [6.07, 6.45) is 5.55. The molecule has 2 saturated carbocycles. The molecule has 1 aliphatic heterocycles. The van der Waals surface area contributed by atoms with E-state index in [1.54, 1.807) is 0 Å². The lowest BCUT2D eigenvalue weighted by molar-refractivity contribution is 0.0815. The minimum Gasteiger partial charge on any atom is -0.463 e. The summed E-state index contributed by atoms with van der Waals surface area (Å²) in [7, 11) is 0. The smallest absolute Gasteiger partial charge is 0.321 e. The number of carbonyl (C=O) groups excluding carboxylic acids is 2. The number of pyridine rings is 1. The fourth-order valence-corrected chi connectivity index (χ4v) is 5.11. The first kappa shape index (κ1) is 24.5. The standard InChI is InChI=1S/C26H33FN6O3/c1-15-5-6-20(29-22(15)23(28)35)18-7-9-33(10-8-18)25-30-24(21(34)13-16-3-2-4-16)31-26(32-25)36-14-17-11-19(27)12-17/h5-6,16-19H,2-4,7-14H2,1H3,(H2,28,35). The van der Waals surface area contributed by atoms with E-state index in [2.05, 4.69) is 19.9 Å². The predicted molar refractivity (Wildman–Crippen MR) is 131 cm³/mol. The molecule has 2 aliphatic carbocycles. The molecule has 0 aromatic carbocycles. The van der Waals surface area contributed by atoms with Crippen LogP contribution in [-0.2, 0) is 0 Å². The van der Waals surface area contributed by atoms with Crippen molar-refractivity contribution in [3.8, 4) is 6.01 Å². The molecule has 0 unspecified atom stereocenters. The molecule has 2 aromatic heterocycles. The molecule has 9 nitrogen and oxygen atoms in total. The van der Waals surface area contributed by atoms with Crippen molar-refractivity contribution in [1.82, 2.24) is 19.9 Å². The molecule has 0 radical (unpaired) electrons. The maximum absolute atomic E-state index is 13.2. The number of rotatable bonds is 9. The summed E-state index contributed by atoms with van der Waals surface area (Å²) in [6, 6.07) is 3.97. The van der Waals surface area contributed by atoms with E-state index >= 15 is 0 Å². The monoisotopic (exact) mass is 496 g/mol. The lowest BCUT2D eigenvalue weighted by Crippen LogP contribution is -2.35. The van der Waals surface area contributed by atoms with Crippen LogP contribution in [0.15, 0.2) is 12.1 Å². The summed E-state index contributed by atoms with van der Waals surface area (Å²) in [5.41, 5.74) is 7.42. The van der Waals surface area contributed by atoms with E-state index in [1.165, 1.54) is 0 Å². The van der Waals surface area contributed by atoms with Crippen molar-refractivity contribution in [2.24, 2.45) is 17.6 Å². The van der Waals surface area contributed by atoms with Crippen LogP contribution >= 0.6 is 0 Å². The Morgan fingerprint density at radius 2 is 1.81 bits per heavy atom. The molecule has 0 spiro atoms. The van der Waals surface area contributed by atoms with Crippen LogP contribution in [0.4, 0.5) is 10.3 Å². The SMILES string of the molecule is Cc1ccc(C2CCN(c3nc(OCC4CC(F)C4)nc(C(=O)CC4CCC4)n3)CC2)nc1C(N)=O. The Morgan fingerprint density at radius 1 is 1.06 bits per heavy atom. The number of aromatic nitrogens is 4. The van der Waals surface area contributed by atoms with Crippen LogP contribution in [0.1, 0.15) is 89.6 Å². The summed E-state index contributed by atoms with van der Waals surface area (Å²) >= 11 is 0. The van der Waals surface area contributed by atoms with Gasteiger partial charge in [0, 0.05) is 31.1 Å². The van der Waals surface area contributed by atoms with Crippen molar-refractivity contribution < 1.29 is 18.7 Å². The highest BCUT2D eigenvalue weighted by molar-refractivity contribution is 5.93. The third-order valence-corrected chi connectivity index (χ3v) is 7.73. The van der Waals surface area contributed by atoms with Crippen LogP contribution in [0.3, 0.4) is 0 Å². The third-order valence-electron chi connectivity index (χ3n) is 7.73. The van der Waals surface area contributed by atoms with E-state index in [0.29, 0.717) is 56.5 Å². The number of ether oxygens (including phenoxy) is 1. The highest BCUT2D eigenvalue weighted by atomic mass is 19.1. The number of carbonyl (C=O) groups is 2. The fourth-order valence-electron chi connectivity index (χ4n) is 5.11. The van der Waals surface area contributed by atoms with E-state index in [0.717, 1.165) is 43.4 Å². The van der Waals surface area contributed by atoms with Crippen LogP contribution in [0, 0.1) is 18.8 Å². The first-order valence-electron chi connectivity index (χ1n) is 12.9. The van der Waals surface area contributed by atoms with Gasteiger partial charge in [-0.15, -0.1) is 0 Å². The number of hydrogen-bond acceptors (Lipinski definition) is 8. The number of amides is 1. The first-order chi connectivity index (χ1) is 17.4. The lowest BCUT2D eigenvalue weighted by Gasteiger charge is -2.32. The third kappa shape index (κ3) is 5.47. The van der Waals surface area contributed by atoms with Crippen LogP contribution in [0.5, 0.6) is 6.01 Å². The van der Waals surface area contributed by atoms with E-state index < -0.39 is 12.1 Å². The number of anilines is 1. The maximum Gasteiger partial charge on any atom is 0.321 e. The van der Waals surface area contributed by atoms with Crippen molar-refractivity contribution in [3.05, 3.63) is 34.9 Å². The number of hydrogen-bond donors (Lipinski definition) is 1. The van der Waals surface area contributed by atoms with E-state index in [-0.39, 0.29) is 29.5 Å².